The minimum Gasteiger partial charge on any atom is -0.462 e. The van der Waals surface area contributed by atoms with E-state index in [1.807, 2.05) is 0 Å². The first-order valence-corrected chi connectivity index (χ1v) is 3.51. The molecule has 4 heteroatoms. The Labute approximate surface area is 71.2 Å². The number of carbonyl (C=O) groups excluding carboxylic acids is 2. The van der Waals surface area contributed by atoms with Crippen LogP contribution < -0.4 is 0 Å². The van der Waals surface area contributed by atoms with Crippen LogP contribution in [0.4, 0.5) is 0 Å². The van der Waals surface area contributed by atoms with Gasteiger partial charge < -0.3 is 9.47 Å². The Balaban J connectivity index is 3.69. The third kappa shape index (κ3) is 6.80. The van der Waals surface area contributed by atoms with Crippen LogP contribution in [0.15, 0.2) is 11.8 Å². The number of esters is 2. The van der Waals surface area contributed by atoms with E-state index in [4.69, 9.17) is 0 Å². The minimum absolute atomic E-state index is 0.133. The van der Waals surface area contributed by atoms with Crippen molar-refractivity contribution >= 4 is 11.9 Å². The maximum Gasteiger partial charge on any atom is 0.307 e. The molecule has 0 spiro atoms. The first kappa shape index (κ1) is 10.7. The van der Waals surface area contributed by atoms with Crippen LogP contribution in [0.1, 0.15) is 20.8 Å². The maximum atomic E-state index is 10.4. The first-order chi connectivity index (χ1) is 5.52. The van der Waals surface area contributed by atoms with Crippen LogP contribution in [0.5, 0.6) is 0 Å². The Kier molecular flexibility index (Phi) is 4.76. The van der Waals surface area contributed by atoms with E-state index in [1.54, 1.807) is 6.92 Å². The lowest BCUT2D eigenvalue weighted by molar-refractivity contribution is -0.139. The van der Waals surface area contributed by atoms with Crippen LogP contribution in [0.2, 0.25) is 0 Å². The number of ether oxygens (including phenoxy) is 2. The predicted molar refractivity (Wildman–Crippen MR) is 42.2 cm³/mol. The van der Waals surface area contributed by atoms with Crippen molar-refractivity contribution in [2.75, 3.05) is 6.61 Å². The van der Waals surface area contributed by atoms with Crippen LogP contribution in [-0.4, -0.2) is 18.5 Å². The molecule has 0 unspecified atom stereocenters. The largest absolute Gasteiger partial charge is 0.462 e. The molecular weight excluding hydrogens is 160 g/mol. The molecule has 68 valence electrons. The molecule has 0 amide bonds. The third-order valence-corrected chi connectivity index (χ3v) is 0.962. The normalized spacial score (nSPS) is 10.8. The number of carbonyl (C=O) groups is 2. The molecule has 0 aliphatic rings. The van der Waals surface area contributed by atoms with Crippen molar-refractivity contribution < 1.29 is 19.1 Å². The van der Waals surface area contributed by atoms with Gasteiger partial charge in [-0.25, -0.2) is 0 Å². The molecule has 0 atom stereocenters. The summed E-state index contributed by atoms with van der Waals surface area (Å²) in [4.78, 5) is 20.7. The monoisotopic (exact) mass is 172 g/mol. The third-order valence-electron chi connectivity index (χ3n) is 0.962. The lowest BCUT2D eigenvalue weighted by Gasteiger charge is -2.00. The molecule has 0 rings (SSSR count). The fraction of sp³-hybridized carbons (Fsp3) is 0.500. The van der Waals surface area contributed by atoms with Gasteiger partial charge in [-0.1, -0.05) is 0 Å². The van der Waals surface area contributed by atoms with E-state index in [0.29, 0.717) is 5.76 Å². The molecule has 0 saturated carbocycles. The van der Waals surface area contributed by atoms with Crippen molar-refractivity contribution in [2.24, 2.45) is 0 Å². The summed E-state index contributed by atoms with van der Waals surface area (Å²) in [6.45, 7) is 4.37. The van der Waals surface area contributed by atoms with Gasteiger partial charge in [-0.15, -0.1) is 0 Å². The molecule has 0 aliphatic carbocycles. The minimum atomic E-state index is -0.383. The highest BCUT2D eigenvalue weighted by molar-refractivity contribution is 5.67. The van der Waals surface area contributed by atoms with Gasteiger partial charge in [-0.05, 0) is 13.0 Å². The topological polar surface area (TPSA) is 52.6 Å². The maximum absolute atomic E-state index is 10.4. The summed E-state index contributed by atoms with van der Waals surface area (Å²) in [5.41, 5.74) is 0. The highest BCUT2D eigenvalue weighted by atomic mass is 16.5. The molecule has 0 radical (unpaired) electrons. The number of rotatable bonds is 3. The quantitative estimate of drug-likeness (QED) is 0.471. The van der Waals surface area contributed by atoms with Crippen molar-refractivity contribution in [3.05, 3.63) is 11.8 Å². The van der Waals surface area contributed by atoms with Crippen LogP contribution in [0.25, 0.3) is 0 Å². The summed E-state index contributed by atoms with van der Waals surface area (Å²) in [6, 6.07) is 0. The van der Waals surface area contributed by atoms with E-state index in [1.165, 1.54) is 19.9 Å². The fourth-order valence-electron chi connectivity index (χ4n) is 0.545. The lowest BCUT2D eigenvalue weighted by Crippen LogP contribution is -2.01. The van der Waals surface area contributed by atoms with Crippen LogP contribution in [-0.2, 0) is 19.1 Å². The van der Waals surface area contributed by atoms with Crippen molar-refractivity contribution in [1.29, 1.82) is 0 Å². The second-order valence-corrected chi connectivity index (χ2v) is 2.21. The van der Waals surface area contributed by atoms with Gasteiger partial charge >= 0.3 is 11.9 Å². The number of hydrogen-bond donors (Lipinski definition) is 0. The summed E-state index contributed by atoms with van der Waals surface area (Å²) < 4.78 is 9.25. The standard InChI is InChI=1S/C8H12O4/c1-6(12-8(3)10)4-5-11-7(2)9/h4H,5H2,1-3H3. The summed E-state index contributed by atoms with van der Waals surface area (Å²) in [5, 5.41) is 0. The van der Waals surface area contributed by atoms with Gasteiger partial charge in [0.05, 0.1) is 0 Å². The Morgan fingerprint density at radius 2 is 1.75 bits per heavy atom. The first-order valence-electron chi connectivity index (χ1n) is 3.51. The van der Waals surface area contributed by atoms with E-state index in [2.05, 4.69) is 9.47 Å². The zero-order valence-electron chi connectivity index (χ0n) is 7.42. The zero-order valence-corrected chi connectivity index (χ0v) is 7.42. The van der Waals surface area contributed by atoms with Crippen LogP contribution >= 0.6 is 0 Å². The van der Waals surface area contributed by atoms with Crippen LogP contribution in [0, 0.1) is 0 Å². The highest BCUT2D eigenvalue weighted by Gasteiger charge is 1.95. The fourth-order valence-corrected chi connectivity index (χ4v) is 0.545. The van der Waals surface area contributed by atoms with Gasteiger partial charge in [0.15, 0.2) is 0 Å². The molecule has 0 aromatic heterocycles. The van der Waals surface area contributed by atoms with Gasteiger partial charge in [0.1, 0.15) is 12.4 Å². The van der Waals surface area contributed by atoms with Crippen molar-refractivity contribution in [3.8, 4) is 0 Å². The van der Waals surface area contributed by atoms with E-state index in [-0.39, 0.29) is 18.5 Å². The average Bonchev–Trinajstić information content (AvgIpc) is 1.84. The van der Waals surface area contributed by atoms with Gasteiger partial charge in [0.25, 0.3) is 0 Å². The molecule has 0 aromatic carbocycles. The molecule has 0 heterocycles. The summed E-state index contributed by atoms with van der Waals surface area (Å²) in [5.74, 6) is -0.308. The molecule has 0 aromatic rings. The second kappa shape index (κ2) is 5.35. The summed E-state index contributed by atoms with van der Waals surface area (Å²) >= 11 is 0. The van der Waals surface area contributed by atoms with Crippen molar-refractivity contribution in [3.63, 3.8) is 0 Å². The van der Waals surface area contributed by atoms with E-state index < -0.39 is 0 Å². The number of allylic oxidation sites excluding steroid dienone is 1. The second-order valence-electron chi connectivity index (χ2n) is 2.21. The van der Waals surface area contributed by atoms with E-state index in [9.17, 15) is 9.59 Å². The average molecular weight is 172 g/mol. The Hall–Kier alpha value is -1.32. The molecule has 0 fully saturated rings. The Morgan fingerprint density at radius 3 is 2.17 bits per heavy atom. The van der Waals surface area contributed by atoms with Gasteiger partial charge in [-0.2, -0.15) is 0 Å². The van der Waals surface area contributed by atoms with Crippen molar-refractivity contribution in [1.82, 2.24) is 0 Å². The van der Waals surface area contributed by atoms with E-state index >= 15 is 0 Å². The van der Waals surface area contributed by atoms with Crippen molar-refractivity contribution in [2.45, 2.75) is 20.8 Å². The Bertz CT molecular complexity index is 205. The highest BCUT2D eigenvalue weighted by Crippen LogP contribution is 1.95. The summed E-state index contributed by atoms with van der Waals surface area (Å²) in [7, 11) is 0. The molecule has 0 saturated heterocycles. The predicted octanol–water partition coefficient (Wildman–Crippen LogP) is 1.02. The lowest BCUT2D eigenvalue weighted by atomic mass is 10.5. The molecule has 12 heavy (non-hydrogen) atoms. The van der Waals surface area contributed by atoms with Gasteiger partial charge in [0.2, 0.25) is 0 Å². The SMILES string of the molecule is CC(=O)OCC=C(C)OC(C)=O. The molecule has 0 bridgehead atoms. The van der Waals surface area contributed by atoms with Gasteiger partial charge in [-0.3, -0.25) is 9.59 Å². The number of hydrogen-bond acceptors (Lipinski definition) is 4. The smallest absolute Gasteiger partial charge is 0.307 e. The molecular formula is C8H12O4. The molecule has 0 aliphatic heterocycles. The molecule has 0 N–H and O–H groups in total. The Morgan fingerprint density at radius 1 is 1.17 bits per heavy atom. The zero-order chi connectivity index (χ0) is 9.56. The van der Waals surface area contributed by atoms with Gasteiger partial charge in [0, 0.05) is 13.8 Å². The van der Waals surface area contributed by atoms with Crippen LogP contribution in [0.3, 0.4) is 0 Å². The molecule has 4 nitrogen and oxygen atoms in total. The van der Waals surface area contributed by atoms with E-state index in [0.717, 1.165) is 0 Å². The summed E-state index contributed by atoms with van der Waals surface area (Å²) in [6.07, 6.45) is 1.52.